The summed E-state index contributed by atoms with van der Waals surface area (Å²) in [6, 6.07) is 22.8. The highest BCUT2D eigenvalue weighted by atomic mass is 35.5. The quantitative estimate of drug-likeness (QED) is 0.356. The van der Waals surface area contributed by atoms with E-state index in [1.54, 1.807) is 42.5 Å². The number of nitriles is 1. The van der Waals surface area contributed by atoms with Gasteiger partial charge in [-0.25, -0.2) is 4.98 Å². The first-order valence-corrected chi connectivity index (χ1v) is 10.6. The standard InChI is InChI=1S/C23H15ClN4O2S/c24-16-9-10-19-20(12-16)27-23(28(22(19)30)18-7-2-1-3-8-18)31-14-21(29)26-17-6-4-5-15(11-17)13-25/h1-12H,14H2,(H,26,29). The van der Waals surface area contributed by atoms with Crippen LogP contribution in [0.5, 0.6) is 0 Å². The Morgan fingerprint density at radius 1 is 1.10 bits per heavy atom. The van der Waals surface area contributed by atoms with Crippen LogP contribution in [-0.4, -0.2) is 21.2 Å². The molecule has 0 bridgehead atoms. The van der Waals surface area contributed by atoms with E-state index in [9.17, 15) is 9.59 Å². The first-order chi connectivity index (χ1) is 15.0. The molecule has 1 amide bonds. The van der Waals surface area contributed by atoms with E-state index in [2.05, 4.69) is 10.3 Å². The molecule has 6 nitrogen and oxygen atoms in total. The molecule has 3 aromatic carbocycles. The molecule has 0 unspecified atom stereocenters. The largest absolute Gasteiger partial charge is 0.325 e. The third kappa shape index (κ3) is 4.61. The Labute approximate surface area is 187 Å². The van der Waals surface area contributed by atoms with Crippen LogP contribution < -0.4 is 10.9 Å². The molecule has 1 aromatic heterocycles. The molecule has 1 N–H and O–H groups in total. The third-order valence-electron chi connectivity index (χ3n) is 4.42. The van der Waals surface area contributed by atoms with Crippen LogP contribution in [0.2, 0.25) is 5.02 Å². The number of carbonyl (C=O) groups excluding carboxylic acids is 1. The Kier molecular flexibility index (Phi) is 6.03. The highest BCUT2D eigenvalue weighted by Crippen LogP contribution is 2.23. The zero-order valence-electron chi connectivity index (χ0n) is 16.1. The van der Waals surface area contributed by atoms with E-state index in [1.165, 1.54) is 4.57 Å². The Balaban J connectivity index is 1.66. The SMILES string of the molecule is N#Cc1cccc(NC(=O)CSc2nc3cc(Cl)ccc3c(=O)n2-c2ccccc2)c1. The van der Waals surface area contributed by atoms with E-state index in [0.29, 0.717) is 38.0 Å². The minimum absolute atomic E-state index is 0.0299. The average molecular weight is 447 g/mol. The molecule has 0 fully saturated rings. The van der Waals surface area contributed by atoms with E-state index < -0.39 is 0 Å². The van der Waals surface area contributed by atoms with Gasteiger partial charge in [-0.05, 0) is 48.5 Å². The molecular formula is C23H15ClN4O2S. The third-order valence-corrected chi connectivity index (χ3v) is 5.60. The lowest BCUT2D eigenvalue weighted by molar-refractivity contribution is -0.113. The normalized spacial score (nSPS) is 10.6. The first-order valence-electron chi connectivity index (χ1n) is 9.26. The Morgan fingerprint density at radius 2 is 1.90 bits per heavy atom. The second-order valence-corrected chi connectivity index (χ2v) is 7.94. The van der Waals surface area contributed by atoms with Crippen LogP contribution in [0.1, 0.15) is 5.56 Å². The Morgan fingerprint density at radius 3 is 2.68 bits per heavy atom. The average Bonchev–Trinajstić information content (AvgIpc) is 2.78. The van der Waals surface area contributed by atoms with Crippen molar-refractivity contribution in [1.82, 2.24) is 9.55 Å². The van der Waals surface area contributed by atoms with Crippen LogP contribution in [0.3, 0.4) is 0 Å². The van der Waals surface area contributed by atoms with Crippen LogP contribution in [0, 0.1) is 11.3 Å². The van der Waals surface area contributed by atoms with Gasteiger partial charge in [0.2, 0.25) is 5.91 Å². The molecule has 0 aliphatic carbocycles. The van der Waals surface area contributed by atoms with Crippen molar-refractivity contribution in [3.8, 4) is 11.8 Å². The van der Waals surface area contributed by atoms with Gasteiger partial charge in [-0.3, -0.25) is 14.2 Å². The first kappa shape index (κ1) is 20.7. The van der Waals surface area contributed by atoms with Crippen LogP contribution in [-0.2, 0) is 4.79 Å². The molecule has 31 heavy (non-hydrogen) atoms. The van der Waals surface area contributed by atoms with Gasteiger partial charge in [-0.1, -0.05) is 47.6 Å². The maximum absolute atomic E-state index is 13.2. The molecule has 0 aliphatic heterocycles. The lowest BCUT2D eigenvalue weighted by Gasteiger charge is -2.13. The van der Waals surface area contributed by atoms with Crippen molar-refractivity contribution in [3.63, 3.8) is 0 Å². The van der Waals surface area contributed by atoms with E-state index in [0.717, 1.165) is 11.8 Å². The highest BCUT2D eigenvalue weighted by Gasteiger charge is 2.15. The fourth-order valence-corrected chi connectivity index (χ4v) is 4.01. The van der Waals surface area contributed by atoms with Crippen LogP contribution in [0.15, 0.2) is 82.7 Å². The summed E-state index contributed by atoms with van der Waals surface area (Å²) in [7, 11) is 0. The number of thioether (sulfide) groups is 1. The van der Waals surface area contributed by atoms with Crippen LogP contribution in [0.25, 0.3) is 16.6 Å². The maximum atomic E-state index is 13.2. The number of fused-ring (bicyclic) bond motifs is 1. The summed E-state index contributed by atoms with van der Waals surface area (Å²) in [6.07, 6.45) is 0. The number of hydrogen-bond donors (Lipinski definition) is 1. The molecule has 0 saturated heterocycles. The van der Waals surface area contributed by atoms with Gasteiger partial charge >= 0.3 is 0 Å². The number of amides is 1. The van der Waals surface area contributed by atoms with Gasteiger partial charge in [0, 0.05) is 10.7 Å². The molecule has 0 radical (unpaired) electrons. The van der Waals surface area contributed by atoms with Crippen molar-refractivity contribution in [2.45, 2.75) is 5.16 Å². The minimum atomic E-state index is -0.278. The zero-order chi connectivity index (χ0) is 21.8. The number of nitrogens with one attached hydrogen (secondary N) is 1. The molecular weight excluding hydrogens is 432 g/mol. The fraction of sp³-hybridized carbons (Fsp3) is 0.0435. The predicted octanol–water partition coefficient (Wildman–Crippen LogP) is 4.64. The zero-order valence-corrected chi connectivity index (χ0v) is 17.7. The number of rotatable bonds is 5. The molecule has 152 valence electrons. The molecule has 1 heterocycles. The van der Waals surface area contributed by atoms with Crippen molar-refractivity contribution >= 4 is 45.9 Å². The highest BCUT2D eigenvalue weighted by molar-refractivity contribution is 7.99. The molecule has 0 spiro atoms. The number of nitrogens with zero attached hydrogens (tertiary/aromatic N) is 3. The van der Waals surface area contributed by atoms with Gasteiger partial charge < -0.3 is 5.32 Å². The van der Waals surface area contributed by atoms with Crippen molar-refractivity contribution in [3.05, 3.63) is 93.7 Å². The second-order valence-electron chi connectivity index (χ2n) is 6.56. The van der Waals surface area contributed by atoms with Gasteiger partial charge in [0.25, 0.3) is 5.56 Å². The Hall–Kier alpha value is -3.60. The lowest BCUT2D eigenvalue weighted by atomic mass is 10.2. The van der Waals surface area contributed by atoms with Crippen LogP contribution >= 0.6 is 23.4 Å². The summed E-state index contributed by atoms with van der Waals surface area (Å²) in [5.41, 5.74) is 1.87. The van der Waals surface area contributed by atoms with Crippen molar-refractivity contribution in [2.75, 3.05) is 11.1 Å². The molecule has 0 atom stereocenters. The number of anilines is 1. The number of halogens is 1. The summed E-state index contributed by atoms with van der Waals surface area (Å²) >= 11 is 7.23. The predicted molar refractivity (Wildman–Crippen MR) is 123 cm³/mol. The van der Waals surface area contributed by atoms with Crippen molar-refractivity contribution < 1.29 is 4.79 Å². The number of para-hydroxylation sites is 1. The van der Waals surface area contributed by atoms with Gasteiger partial charge in [0.1, 0.15) is 0 Å². The van der Waals surface area contributed by atoms with E-state index >= 15 is 0 Å². The second kappa shape index (κ2) is 9.04. The molecule has 4 rings (SSSR count). The summed E-state index contributed by atoms with van der Waals surface area (Å²) in [6.45, 7) is 0. The van der Waals surface area contributed by atoms with E-state index in [-0.39, 0.29) is 17.2 Å². The Bertz CT molecular complexity index is 1380. The van der Waals surface area contributed by atoms with Gasteiger partial charge in [0.15, 0.2) is 5.16 Å². The number of aromatic nitrogens is 2. The maximum Gasteiger partial charge on any atom is 0.266 e. The van der Waals surface area contributed by atoms with Gasteiger partial charge in [-0.2, -0.15) is 5.26 Å². The monoisotopic (exact) mass is 446 g/mol. The lowest BCUT2D eigenvalue weighted by Crippen LogP contribution is -2.23. The number of benzene rings is 3. The van der Waals surface area contributed by atoms with Gasteiger partial charge in [-0.15, -0.1) is 0 Å². The summed E-state index contributed by atoms with van der Waals surface area (Å²) in [4.78, 5) is 30.3. The molecule has 0 aliphatic rings. The molecule has 0 saturated carbocycles. The van der Waals surface area contributed by atoms with Crippen molar-refractivity contribution in [2.24, 2.45) is 0 Å². The smallest absolute Gasteiger partial charge is 0.266 e. The van der Waals surface area contributed by atoms with Crippen molar-refractivity contribution in [1.29, 1.82) is 5.26 Å². The van der Waals surface area contributed by atoms with E-state index in [4.69, 9.17) is 16.9 Å². The number of hydrogen-bond acceptors (Lipinski definition) is 5. The molecule has 4 aromatic rings. The summed E-state index contributed by atoms with van der Waals surface area (Å²) < 4.78 is 1.49. The summed E-state index contributed by atoms with van der Waals surface area (Å²) in [5, 5.41) is 13.1. The van der Waals surface area contributed by atoms with E-state index in [1.807, 2.05) is 36.4 Å². The topological polar surface area (TPSA) is 87.8 Å². The molecule has 8 heteroatoms. The van der Waals surface area contributed by atoms with Crippen LogP contribution in [0.4, 0.5) is 5.69 Å². The fourth-order valence-electron chi connectivity index (χ4n) is 3.03. The summed E-state index contributed by atoms with van der Waals surface area (Å²) in [5.74, 6) is -0.248. The minimum Gasteiger partial charge on any atom is -0.325 e. The van der Waals surface area contributed by atoms with Gasteiger partial charge in [0.05, 0.1) is 34.0 Å². The number of carbonyl (C=O) groups is 1.